The van der Waals surface area contributed by atoms with Crippen LogP contribution < -0.4 is 5.32 Å². The van der Waals surface area contributed by atoms with Crippen LogP contribution in [0.15, 0.2) is 59.1 Å². The largest absolute Gasteiger partial charge is 0.327 e. The van der Waals surface area contributed by atoms with Gasteiger partial charge in [0.1, 0.15) is 6.54 Å². The zero-order valence-corrected chi connectivity index (χ0v) is 14.7. The number of anilines is 1. The van der Waals surface area contributed by atoms with E-state index in [0.29, 0.717) is 5.69 Å². The SMILES string of the molecule is CC(=O)N(CC(=O)Nc1cccc(Br)c1)C(C)c1ccccc1. The summed E-state index contributed by atoms with van der Waals surface area (Å²) in [5, 5.41) is 2.81. The lowest BCUT2D eigenvalue weighted by atomic mass is 10.1. The van der Waals surface area contributed by atoms with Crippen molar-refractivity contribution in [1.82, 2.24) is 4.90 Å². The minimum atomic E-state index is -0.221. The first-order chi connectivity index (χ1) is 11.0. The van der Waals surface area contributed by atoms with Gasteiger partial charge in [0, 0.05) is 17.1 Å². The highest BCUT2D eigenvalue weighted by Gasteiger charge is 2.21. The van der Waals surface area contributed by atoms with Gasteiger partial charge in [0.15, 0.2) is 0 Å². The molecule has 0 aliphatic heterocycles. The average Bonchev–Trinajstić information content (AvgIpc) is 2.52. The topological polar surface area (TPSA) is 49.4 Å². The highest BCUT2D eigenvalue weighted by molar-refractivity contribution is 9.10. The first-order valence-corrected chi connectivity index (χ1v) is 8.14. The Labute approximate surface area is 144 Å². The molecule has 0 radical (unpaired) electrons. The third-order valence-electron chi connectivity index (χ3n) is 3.58. The van der Waals surface area contributed by atoms with Crippen LogP contribution in [0.3, 0.4) is 0 Å². The number of nitrogens with one attached hydrogen (secondary N) is 1. The molecule has 120 valence electrons. The monoisotopic (exact) mass is 374 g/mol. The Hall–Kier alpha value is -2.14. The fraction of sp³-hybridized carbons (Fsp3) is 0.222. The molecule has 0 saturated carbocycles. The molecule has 4 nitrogen and oxygen atoms in total. The van der Waals surface area contributed by atoms with E-state index < -0.39 is 0 Å². The molecule has 1 atom stereocenters. The minimum Gasteiger partial charge on any atom is -0.327 e. The molecule has 2 rings (SSSR count). The summed E-state index contributed by atoms with van der Waals surface area (Å²) >= 11 is 3.36. The Bertz CT molecular complexity index is 688. The molecule has 1 N–H and O–H groups in total. The maximum Gasteiger partial charge on any atom is 0.244 e. The van der Waals surface area contributed by atoms with Crippen molar-refractivity contribution in [2.45, 2.75) is 19.9 Å². The minimum absolute atomic E-state index is 0.0118. The zero-order chi connectivity index (χ0) is 16.8. The summed E-state index contributed by atoms with van der Waals surface area (Å²) in [5.41, 5.74) is 1.69. The van der Waals surface area contributed by atoms with Gasteiger partial charge in [-0.1, -0.05) is 52.3 Å². The van der Waals surface area contributed by atoms with Crippen molar-refractivity contribution in [3.8, 4) is 0 Å². The van der Waals surface area contributed by atoms with E-state index in [1.54, 1.807) is 11.0 Å². The molecule has 23 heavy (non-hydrogen) atoms. The summed E-state index contributed by atoms with van der Waals surface area (Å²) in [6, 6.07) is 16.9. The first-order valence-electron chi connectivity index (χ1n) is 7.35. The van der Waals surface area contributed by atoms with Crippen LogP contribution >= 0.6 is 15.9 Å². The van der Waals surface area contributed by atoms with Crippen molar-refractivity contribution in [2.75, 3.05) is 11.9 Å². The number of hydrogen-bond donors (Lipinski definition) is 1. The second kappa shape index (κ2) is 7.92. The van der Waals surface area contributed by atoms with Crippen molar-refractivity contribution in [3.05, 3.63) is 64.6 Å². The molecule has 0 spiro atoms. The predicted molar refractivity (Wildman–Crippen MR) is 95.0 cm³/mol. The number of benzene rings is 2. The summed E-state index contributed by atoms with van der Waals surface area (Å²) in [7, 11) is 0. The molecular formula is C18H19BrN2O2. The second-order valence-corrected chi connectivity index (χ2v) is 6.21. The number of halogens is 1. The molecule has 2 amide bonds. The molecule has 0 aliphatic rings. The van der Waals surface area contributed by atoms with Gasteiger partial charge in [0.25, 0.3) is 0 Å². The molecule has 2 aromatic rings. The van der Waals surface area contributed by atoms with Crippen molar-refractivity contribution >= 4 is 33.4 Å². The van der Waals surface area contributed by atoms with Crippen LogP contribution in [0.4, 0.5) is 5.69 Å². The van der Waals surface area contributed by atoms with Crippen LogP contribution in [-0.4, -0.2) is 23.3 Å². The van der Waals surface area contributed by atoms with Gasteiger partial charge >= 0.3 is 0 Å². The summed E-state index contributed by atoms with van der Waals surface area (Å²) < 4.78 is 0.886. The van der Waals surface area contributed by atoms with Gasteiger partial charge in [-0.25, -0.2) is 0 Å². The van der Waals surface area contributed by atoms with Crippen LogP contribution in [0.25, 0.3) is 0 Å². The predicted octanol–water partition coefficient (Wildman–Crippen LogP) is 4.00. The van der Waals surface area contributed by atoms with Crippen molar-refractivity contribution in [2.24, 2.45) is 0 Å². The van der Waals surface area contributed by atoms with Gasteiger partial charge in [0.05, 0.1) is 6.04 Å². The number of nitrogens with zero attached hydrogens (tertiary/aromatic N) is 1. The molecule has 0 aliphatic carbocycles. The lowest BCUT2D eigenvalue weighted by Gasteiger charge is -2.28. The third kappa shape index (κ3) is 4.93. The lowest BCUT2D eigenvalue weighted by Crippen LogP contribution is -2.38. The molecule has 1 unspecified atom stereocenters. The Morgan fingerprint density at radius 3 is 2.43 bits per heavy atom. The maximum absolute atomic E-state index is 12.3. The zero-order valence-electron chi connectivity index (χ0n) is 13.1. The normalized spacial score (nSPS) is 11.6. The van der Waals surface area contributed by atoms with Crippen molar-refractivity contribution in [1.29, 1.82) is 0 Å². The van der Waals surface area contributed by atoms with Crippen molar-refractivity contribution < 1.29 is 9.59 Å². The highest BCUT2D eigenvalue weighted by Crippen LogP contribution is 2.20. The third-order valence-corrected chi connectivity index (χ3v) is 4.07. The van der Waals surface area contributed by atoms with E-state index >= 15 is 0 Å². The van der Waals surface area contributed by atoms with E-state index in [9.17, 15) is 9.59 Å². The Morgan fingerprint density at radius 1 is 1.13 bits per heavy atom. The van der Waals surface area contributed by atoms with E-state index in [-0.39, 0.29) is 24.4 Å². The van der Waals surface area contributed by atoms with Crippen molar-refractivity contribution in [3.63, 3.8) is 0 Å². The second-order valence-electron chi connectivity index (χ2n) is 5.29. The Morgan fingerprint density at radius 2 is 1.83 bits per heavy atom. The van der Waals surface area contributed by atoms with E-state index in [0.717, 1.165) is 10.0 Å². The molecular weight excluding hydrogens is 356 g/mol. The van der Waals surface area contributed by atoms with E-state index in [1.807, 2.05) is 55.5 Å². The number of amides is 2. The van der Waals surface area contributed by atoms with Crippen LogP contribution in [0.2, 0.25) is 0 Å². The van der Waals surface area contributed by atoms with Crippen LogP contribution in [-0.2, 0) is 9.59 Å². The number of carbonyl (C=O) groups excluding carboxylic acids is 2. The molecule has 0 aromatic heterocycles. The van der Waals surface area contributed by atoms with Gasteiger partial charge < -0.3 is 10.2 Å². The molecule has 0 fully saturated rings. The maximum atomic E-state index is 12.3. The standard InChI is InChI=1S/C18H19BrN2O2/c1-13(15-7-4-3-5-8-15)21(14(2)22)12-18(23)20-17-10-6-9-16(19)11-17/h3-11,13H,12H2,1-2H3,(H,20,23). The lowest BCUT2D eigenvalue weighted by molar-refractivity contribution is -0.134. The fourth-order valence-electron chi connectivity index (χ4n) is 2.35. The summed E-state index contributed by atoms with van der Waals surface area (Å²) in [5.74, 6) is -0.355. The molecule has 0 heterocycles. The van der Waals surface area contributed by atoms with Gasteiger partial charge in [-0.3, -0.25) is 9.59 Å². The number of carbonyl (C=O) groups is 2. The van der Waals surface area contributed by atoms with Crippen LogP contribution in [0.5, 0.6) is 0 Å². The molecule has 5 heteroatoms. The van der Waals surface area contributed by atoms with Crippen LogP contribution in [0, 0.1) is 0 Å². The van der Waals surface area contributed by atoms with Gasteiger partial charge in [0.2, 0.25) is 11.8 Å². The number of hydrogen-bond acceptors (Lipinski definition) is 2. The number of rotatable bonds is 5. The summed E-state index contributed by atoms with van der Waals surface area (Å²) in [6.07, 6.45) is 0. The average molecular weight is 375 g/mol. The Balaban J connectivity index is 2.07. The van der Waals surface area contributed by atoms with Gasteiger partial charge in [-0.15, -0.1) is 0 Å². The fourth-order valence-corrected chi connectivity index (χ4v) is 2.75. The quantitative estimate of drug-likeness (QED) is 0.859. The Kier molecular flexibility index (Phi) is 5.93. The van der Waals surface area contributed by atoms with E-state index in [4.69, 9.17) is 0 Å². The van der Waals surface area contributed by atoms with E-state index in [2.05, 4.69) is 21.2 Å². The highest BCUT2D eigenvalue weighted by atomic mass is 79.9. The first kappa shape index (κ1) is 17.2. The van der Waals surface area contributed by atoms with Crippen LogP contribution in [0.1, 0.15) is 25.5 Å². The smallest absolute Gasteiger partial charge is 0.244 e. The molecule has 2 aromatic carbocycles. The molecule has 0 bridgehead atoms. The van der Waals surface area contributed by atoms with Gasteiger partial charge in [-0.2, -0.15) is 0 Å². The van der Waals surface area contributed by atoms with Gasteiger partial charge in [-0.05, 0) is 30.7 Å². The van der Waals surface area contributed by atoms with E-state index in [1.165, 1.54) is 6.92 Å². The summed E-state index contributed by atoms with van der Waals surface area (Å²) in [6.45, 7) is 3.41. The molecule has 0 saturated heterocycles. The summed E-state index contributed by atoms with van der Waals surface area (Å²) in [4.78, 5) is 25.8.